The second kappa shape index (κ2) is 5.66. The lowest BCUT2D eigenvalue weighted by Gasteiger charge is -2.34. The van der Waals surface area contributed by atoms with Crippen molar-refractivity contribution in [3.63, 3.8) is 0 Å². The van der Waals surface area contributed by atoms with E-state index in [4.69, 9.17) is 0 Å². The molecule has 0 spiro atoms. The molecule has 3 rings (SSSR count). The topological polar surface area (TPSA) is 32.3 Å². The summed E-state index contributed by atoms with van der Waals surface area (Å²) in [5, 5.41) is 14.0. The average Bonchev–Trinajstić information content (AvgIpc) is 2.85. The first-order valence-corrected chi connectivity index (χ1v) is 8.55. The minimum Gasteiger partial charge on any atom is -0.388 e. The molecule has 1 aromatic rings. The maximum Gasteiger partial charge on any atom is 0.126 e. The SMILES string of the molecule is CC1CCc2c(F)cccc2C1NCC1(O)CCSC1. The van der Waals surface area contributed by atoms with Gasteiger partial charge in [0.05, 0.1) is 5.60 Å². The van der Waals surface area contributed by atoms with Gasteiger partial charge in [0, 0.05) is 18.3 Å². The van der Waals surface area contributed by atoms with Gasteiger partial charge in [0.2, 0.25) is 0 Å². The van der Waals surface area contributed by atoms with Crippen molar-refractivity contribution in [3.05, 3.63) is 35.1 Å². The number of nitrogens with one attached hydrogen (secondary N) is 1. The Labute approximate surface area is 124 Å². The molecule has 3 atom stereocenters. The van der Waals surface area contributed by atoms with E-state index in [2.05, 4.69) is 12.2 Å². The van der Waals surface area contributed by atoms with Crippen LogP contribution in [0.4, 0.5) is 4.39 Å². The zero-order valence-electron chi connectivity index (χ0n) is 11.9. The third-order valence-corrected chi connectivity index (χ3v) is 5.88. The maximum atomic E-state index is 13.9. The number of halogens is 1. The van der Waals surface area contributed by atoms with Crippen molar-refractivity contribution in [2.75, 3.05) is 18.1 Å². The molecule has 3 unspecified atom stereocenters. The number of hydrogen-bond acceptors (Lipinski definition) is 3. The van der Waals surface area contributed by atoms with Crippen molar-refractivity contribution in [2.45, 2.75) is 37.8 Å². The normalized spacial score (nSPS) is 33.1. The highest BCUT2D eigenvalue weighted by atomic mass is 32.2. The lowest BCUT2D eigenvalue weighted by molar-refractivity contribution is 0.0614. The van der Waals surface area contributed by atoms with E-state index in [1.54, 1.807) is 23.9 Å². The van der Waals surface area contributed by atoms with Gasteiger partial charge in [-0.2, -0.15) is 11.8 Å². The maximum absolute atomic E-state index is 13.9. The third kappa shape index (κ3) is 2.74. The van der Waals surface area contributed by atoms with Crippen molar-refractivity contribution in [1.29, 1.82) is 0 Å². The summed E-state index contributed by atoms with van der Waals surface area (Å²) in [6.07, 6.45) is 2.67. The smallest absolute Gasteiger partial charge is 0.126 e. The Kier molecular flexibility index (Phi) is 4.07. The zero-order valence-corrected chi connectivity index (χ0v) is 12.7. The molecule has 0 radical (unpaired) electrons. The molecule has 1 saturated heterocycles. The van der Waals surface area contributed by atoms with Gasteiger partial charge in [-0.05, 0) is 48.1 Å². The highest BCUT2D eigenvalue weighted by molar-refractivity contribution is 7.99. The number of fused-ring (bicyclic) bond motifs is 1. The van der Waals surface area contributed by atoms with E-state index in [-0.39, 0.29) is 11.9 Å². The fourth-order valence-corrected chi connectivity index (χ4v) is 4.62. The molecule has 2 nitrogen and oxygen atoms in total. The molecule has 110 valence electrons. The number of benzene rings is 1. The van der Waals surface area contributed by atoms with Gasteiger partial charge in [0.1, 0.15) is 5.82 Å². The number of hydrogen-bond donors (Lipinski definition) is 2. The first kappa shape index (κ1) is 14.4. The lowest BCUT2D eigenvalue weighted by Crippen LogP contribution is -2.44. The summed E-state index contributed by atoms with van der Waals surface area (Å²) in [4.78, 5) is 0. The van der Waals surface area contributed by atoms with E-state index in [1.165, 1.54) is 0 Å². The molecule has 1 fully saturated rings. The van der Waals surface area contributed by atoms with Crippen LogP contribution in [0.2, 0.25) is 0 Å². The van der Waals surface area contributed by atoms with Crippen molar-refractivity contribution < 1.29 is 9.50 Å². The highest BCUT2D eigenvalue weighted by Gasteiger charge is 2.34. The predicted octanol–water partition coefficient (Wildman–Crippen LogP) is 2.91. The Morgan fingerprint density at radius 3 is 3.10 bits per heavy atom. The van der Waals surface area contributed by atoms with Gasteiger partial charge in [0.25, 0.3) is 0 Å². The van der Waals surface area contributed by atoms with Crippen LogP contribution in [0, 0.1) is 11.7 Å². The van der Waals surface area contributed by atoms with Gasteiger partial charge in [-0.25, -0.2) is 4.39 Å². The molecular formula is C16H22FNOS. The summed E-state index contributed by atoms with van der Waals surface area (Å²) >= 11 is 1.81. The van der Waals surface area contributed by atoms with Crippen LogP contribution >= 0.6 is 11.8 Å². The van der Waals surface area contributed by atoms with Crippen molar-refractivity contribution in [1.82, 2.24) is 5.32 Å². The summed E-state index contributed by atoms with van der Waals surface area (Å²) in [6, 6.07) is 5.52. The first-order valence-electron chi connectivity index (χ1n) is 7.40. The minimum atomic E-state index is -0.588. The summed E-state index contributed by atoms with van der Waals surface area (Å²) < 4.78 is 13.9. The van der Waals surface area contributed by atoms with Crippen LogP contribution in [-0.4, -0.2) is 28.8 Å². The van der Waals surface area contributed by atoms with Crippen LogP contribution in [0.5, 0.6) is 0 Å². The van der Waals surface area contributed by atoms with E-state index in [9.17, 15) is 9.50 Å². The van der Waals surface area contributed by atoms with Crippen molar-refractivity contribution in [2.24, 2.45) is 5.92 Å². The summed E-state index contributed by atoms with van der Waals surface area (Å²) in [5.41, 5.74) is 1.35. The minimum absolute atomic E-state index is 0.0867. The number of aliphatic hydroxyl groups is 1. The molecular weight excluding hydrogens is 273 g/mol. The molecule has 0 saturated carbocycles. The third-order valence-electron chi connectivity index (χ3n) is 4.64. The fourth-order valence-electron chi connectivity index (χ4n) is 3.32. The first-order chi connectivity index (χ1) is 9.59. The van der Waals surface area contributed by atoms with Gasteiger partial charge in [-0.1, -0.05) is 19.1 Å². The largest absolute Gasteiger partial charge is 0.388 e. The van der Waals surface area contributed by atoms with Crippen LogP contribution in [-0.2, 0) is 6.42 Å². The fraction of sp³-hybridized carbons (Fsp3) is 0.625. The number of rotatable bonds is 3. The molecule has 1 heterocycles. The quantitative estimate of drug-likeness (QED) is 0.899. The molecule has 0 amide bonds. The van der Waals surface area contributed by atoms with Crippen molar-refractivity contribution >= 4 is 11.8 Å². The number of thioether (sulfide) groups is 1. The second-order valence-electron chi connectivity index (χ2n) is 6.21. The van der Waals surface area contributed by atoms with Crippen LogP contribution in [0.3, 0.4) is 0 Å². The molecule has 2 aliphatic rings. The van der Waals surface area contributed by atoms with Crippen LogP contribution in [0.1, 0.15) is 36.9 Å². The zero-order chi connectivity index (χ0) is 14.2. The van der Waals surface area contributed by atoms with Gasteiger partial charge >= 0.3 is 0 Å². The highest BCUT2D eigenvalue weighted by Crippen LogP contribution is 2.36. The molecule has 20 heavy (non-hydrogen) atoms. The van der Waals surface area contributed by atoms with Gasteiger partial charge in [-0.3, -0.25) is 0 Å². The second-order valence-corrected chi connectivity index (χ2v) is 7.31. The molecule has 0 bridgehead atoms. The van der Waals surface area contributed by atoms with E-state index < -0.39 is 5.60 Å². The Morgan fingerprint density at radius 2 is 2.35 bits per heavy atom. The lowest BCUT2D eigenvalue weighted by atomic mass is 9.80. The van der Waals surface area contributed by atoms with E-state index in [0.29, 0.717) is 12.5 Å². The van der Waals surface area contributed by atoms with Gasteiger partial charge in [0.15, 0.2) is 0 Å². The van der Waals surface area contributed by atoms with Crippen LogP contribution in [0.25, 0.3) is 0 Å². The summed E-state index contributed by atoms with van der Waals surface area (Å²) in [7, 11) is 0. The molecule has 2 N–H and O–H groups in total. The van der Waals surface area contributed by atoms with Gasteiger partial charge in [-0.15, -0.1) is 0 Å². The Morgan fingerprint density at radius 1 is 1.50 bits per heavy atom. The van der Waals surface area contributed by atoms with Crippen LogP contribution in [0.15, 0.2) is 18.2 Å². The van der Waals surface area contributed by atoms with E-state index in [1.807, 2.05) is 6.07 Å². The molecule has 4 heteroatoms. The molecule has 1 aliphatic heterocycles. The Balaban J connectivity index is 1.77. The Hall–Kier alpha value is -0.580. The van der Waals surface area contributed by atoms with Crippen LogP contribution < -0.4 is 5.32 Å². The van der Waals surface area contributed by atoms with Gasteiger partial charge < -0.3 is 10.4 Å². The van der Waals surface area contributed by atoms with E-state index in [0.717, 1.165) is 41.9 Å². The standard InChI is InChI=1S/C16H22FNOS/c1-11-5-6-12-13(3-2-4-14(12)17)15(11)18-9-16(19)7-8-20-10-16/h2-4,11,15,18-19H,5-10H2,1H3. The Bertz CT molecular complexity index is 487. The summed E-state index contributed by atoms with van der Waals surface area (Å²) in [6.45, 7) is 2.81. The molecule has 1 aliphatic carbocycles. The predicted molar refractivity (Wildman–Crippen MR) is 81.5 cm³/mol. The van der Waals surface area contributed by atoms with Crippen molar-refractivity contribution in [3.8, 4) is 0 Å². The monoisotopic (exact) mass is 295 g/mol. The molecule has 0 aromatic heterocycles. The average molecular weight is 295 g/mol. The molecule has 1 aromatic carbocycles. The van der Waals surface area contributed by atoms with E-state index >= 15 is 0 Å². The summed E-state index contributed by atoms with van der Waals surface area (Å²) in [5.74, 6) is 2.22.